The van der Waals surface area contributed by atoms with E-state index in [4.69, 9.17) is 0 Å². The third kappa shape index (κ3) is 2.65. The molecule has 0 amide bonds. The summed E-state index contributed by atoms with van der Waals surface area (Å²) in [5.74, 6) is 0.567. The highest BCUT2D eigenvalue weighted by Gasteiger charge is 2.37. The summed E-state index contributed by atoms with van der Waals surface area (Å²) in [7, 11) is 0. The van der Waals surface area contributed by atoms with E-state index in [1.54, 1.807) is 10.0 Å². The van der Waals surface area contributed by atoms with E-state index in [0.29, 0.717) is 11.6 Å². The van der Waals surface area contributed by atoms with E-state index in [0.717, 1.165) is 22.8 Å². The molecule has 2 aromatic rings. The Morgan fingerprint density at radius 2 is 1.64 bits per heavy atom. The predicted molar refractivity (Wildman–Crippen MR) is 100 cm³/mol. The van der Waals surface area contributed by atoms with Crippen molar-refractivity contribution in [2.75, 3.05) is 10.0 Å². The normalized spacial score (nSPS) is 15.8. The lowest BCUT2D eigenvalue weighted by Crippen LogP contribution is -2.36. The molecule has 0 saturated carbocycles. The summed E-state index contributed by atoms with van der Waals surface area (Å²) in [6, 6.07) is 15.9. The van der Waals surface area contributed by atoms with Crippen molar-refractivity contribution in [3.8, 4) is 0 Å². The average molecular weight is 337 g/mol. The first-order chi connectivity index (χ1) is 11.6. The fourth-order valence-electron chi connectivity index (χ4n) is 3.00. The second-order valence-electron chi connectivity index (χ2n) is 6.32. The van der Waals surface area contributed by atoms with Gasteiger partial charge in [0.15, 0.2) is 0 Å². The molecular formula is C19H21N4O2. The first kappa shape index (κ1) is 17.0. The molecule has 0 aliphatic carbocycles. The molecule has 0 fully saturated rings. The lowest BCUT2D eigenvalue weighted by atomic mass is 10.0. The van der Waals surface area contributed by atoms with E-state index >= 15 is 0 Å². The van der Waals surface area contributed by atoms with Crippen molar-refractivity contribution < 1.29 is 10.6 Å². The summed E-state index contributed by atoms with van der Waals surface area (Å²) in [6.07, 6.45) is 0. The van der Waals surface area contributed by atoms with Crippen LogP contribution in [0.1, 0.15) is 32.3 Å². The molecule has 2 aliphatic heterocycles. The third-order valence-corrected chi connectivity index (χ3v) is 4.35. The number of hydrogen-bond donors (Lipinski definition) is 1. The van der Waals surface area contributed by atoms with Crippen LogP contribution < -0.4 is 15.6 Å². The van der Waals surface area contributed by atoms with E-state index in [2.05, 4.69) is 36.5 Å². The van der Waals surface area contributed by atoms with Gasteiger partial charge in [-0.05, 0) is 48.2 Å². The van der Waals surface area contributed by atoms with Crippen LogP contribution in [0.3, 0.4) is 0 Å². The van der Waals surface area contributed by atoms with Crippen LogP contribution in [-0.4, -0.2) is 16.3 Å². The van der Waals surface area contributed by atoms with Crippen molar-refractivity contribution in [2.45, 2.75) is 26.7 Å². The summed E-state index contributed by atoms with van der Waals surface area (Å²) in [5, 5.41) is 14.0. The van der Waals surface area contributed by atoms with Crippen molar-refractivity contribution in [3.05, 3.63) is 65.7 Å². The van der Waals surface area contributed by atoms with Crippen LogP contribution in [-0.2, 0) is 0 Å². The molecule has 25 heavy (non-hydrogen) atoms. The first-order valence-corrected chi connectivity index (χ1v) is 8.06. The van der Waals surface area contributed by atoms with E-state index in [1.807, 2.05) is 43.3 Å². The maximum Gasteiger partial charge on any atom is 0.237 e. The SMILES string of the molecule is CC1=Nc2ccccc2N2[N]N(c3ccc(C(C)C)cc3)C(O)=C12.O. The van der Waals surface area contributed by atoms with E-state index in [1.165, 1.54) is 5.56 Å². The fraction of sp³-hybridized carbons (Fsp3) is 0.211. The number of aliphatic imine (C=N–C) groups is 1. The average Bonchev–Trinajstić information content (AvgIpc) is 2.93. The van der Waals surface area contributed by atoms with Crippen LogP contribution in [0.2, 0.25) is 0 Å². The molecule has 0 atom stereocenters. The number of rotatable bonds is 2. The Bertz CT molecular complexity index is 856. The number of allylic oxidation sites excluding steroid dienone is 1. The Balaban J connectivity index is 0.00000182. The van der Waals surface area contributed by atoms with Crippen LogP contribution in [0.5, 0.6) is 0 Å². The van der Waals surface area contributed by atoms with E-state index in [-0.39, 0.29) is 11.4 Å². The van der Waals surface area contributed by atoms with Gasteiger partial charge in [0, 0.05) is 0 Å². The summed E-state index contributed by atoms with van der Waals surface area (Å²) in [5.41, 5.74) is 9.76. The Hall–Kier alpha value is -2.83. The van der Waals surface area contributed by atoms with Crippen molar-refractivity contribution in [3.63, 3.8) is 0 Å². The van der Waals surface area contributed by atoms with Crippen molar-refractivity contribution in [2.24, 2.45) is 4.99 Å². The van der Waals surface area contributed by atoms with E-state index < -0.39 is 0 Å². The maximum atomic E-state index is 10.7. The highest BCUT2D eigenvalue weighted by Crippen LogP contribution is 2.40. The van der Waals surface area contributed by atoms with Gasteiger partial charge in [-0.2, -0.15) is 0 Å². The second-order valence-corrected chi connectivity index (χ2v) is 6.32. The molecule has 129 valence electrons. The lowest BCUT2D eigenvalue weighted by Gasteiger charge is -2.25. The molecule has 0 saturated heterocycles. The molecule has 4 rings (SSSR count). The molecule has 0 spiro atoms. The molecule has 0 unspecified atom stereocenters. The van der Waals surface area contributed by atoms with Gasteiger partial charge in [0.25, 0.3) is 0 Å². The number of para-hydroxylation sites is 2. The molecule has 3 N–H and O–H groups in total. The molecule has 6 heteroatoms. The summed E-state index contributed by atoms with van der Waals surface area (Å²) >= 11 is 0. The molecule has 2 aromatic carbocycles. The zero-order valence-corrected chi connectivity index (χ0v) is 14.4. The molecule has 0 aromatic heterocycles. The summed E-state index contributed by atoms with van der Waals surface area (Å²) < 4.78 is 0. The van der Waals surface area contributed by atoms with Gasteiger partial charge in [-0.3, -0.25) is 0 Å². The number of anilines is 2. The minimum atomic E-state index is 0. The standard InChI is InChI=1S/C19H19N4O.H2O/c1-12(2)14-8-10-15(11-9-14)22-19(24)18-13(3)20-16-6-4-5-7-17(16)23(18)21-22;/h4-12,24H,1-3H3;1H2. The van der Waals surface area contributed by atoms with Crippen LogP contribution >= 0.6 is 0 Å². The Labute approximate surface area is 147 Å². The number of fused-ring (bicyclic) bond motifs is 3. The van der Waals surface area contributed by atoms with Crippen LogP contribution in [0, 0.1) is 0 Å². The van der Waals surface area contributed by atoms with Crippen molar-refractivity contribution >= 4 is 22.8 Å². The predicted octanol–water partition coefficient (Wildman–Crippen LogP) is 3.58. The zero-order valence-electron chi connectivity index (χ0n) is 14.4. The van der Waals surface area contributed by atoms with Gasteiger partial charge in [0.05, 0.1) is 22.8 Å². The van der Waals surface area contributed by atoms with Gasteiger partial charge in [-0.25, -0.2) is 15.0 Å². The number of hydrogen-bond acceptors (Lipinski definition) is 4. The lowest BCUT2D eigenvalue weighted by molar-refractivity contribution is 0.387. The van der Waals surface area contributed by atoms with Gasteiger partial charge in [0.1, 0.15) is 5.70 Å². The number of aliphatic hydroxyl groups is 1. The van der Waals surface area contributed by atoms with E-state index in [9.17, 15) is 5.11 Å². The number of benzene rings is 2. The fourth-order valence-corrected chi connectivity index (χ4v) is 3.00. The monoisotopic (exact) mass is 337 g/mol. The molecule has 0 bridgehead atoms. The molecule has 1 radical (unpaired) electrons. The minimum Gasteiger partial charge on any atom is -0.492 e. The Kier molecular flexibility index (Phi) is 4.24. The summed E-state index contributed by atoms with van der Waals surface area (Å²) in [6.45, 7) is 6.20. The topological polar surface area (TPSA) is 84.7 Å². The van der Waals surface area contributed by atoms with Crippen LogP contribution in [0.25, 0.3) is 0 Å². The van der Waals surface area contributed by atoms with Crippen LogP contribution in [0.15, 0.2) is 65.1 Å². The van der Waals surface area contributed by atoms with Crippen molar-refractivity contribution in [1.82, 2.24) is 5.53 Å². The zero-order chi connectivity index (χ0) is 16.8. The molecule has 6 nitrogen and oxygen atoms in total. The van der Waals surface area contributed by atoms with Gasteiger partial charge in [0.2, 0.25) is 5.88 Å². The number of nitrogens with zero attached hydrogens (tertiary/aromatic N) is 4. The largest absolute Gasteiger partial charge is 0.492 e. The quantitative estimate of drug-likeness (QED) is 0.909. The van der Waals surface area contributed by atoms with Crippen molar-refractivity contribution in [1.29, 1.82) is 0 Å². The number of aliphatic hydroxyl groups excluding tert-OH is 1. The summed E-state index contributed by atoms with van der Waals surface area (Å²) in [4.78, 5) is 4.57. The smallest absolute Gasteiger partial charge is 0.237 e. The van der Waals surface area contributed by atoms with Crippen LogP contribution in [0.4, 0.5) is 17.1 Å². The van der Waals surface area contributed by atoms with Gasteiger partial charge in [-0.1, -0.05) is 38.1 Å². The Morgan fingerprint density at radius 3 is 2.32 bits per heavy atom. The minimum absolute atomic E-state index is 0. The first-order valence-electron chi connectivity index (χ1n) is 8.06. The van der Waals surface area contributed by atoms with Gasteiger partial charge in [-0.15, -0.1) is 0 Å². The Morgan fingerprint density at radius 1 is 0.960 bits per heavy atom. The molecule has 2 heterocycles. The van der Waals surface area contributed by atoms with Gasteiger partial charge < -0.3 is 10.6 Å². The molecular weight excluding hydrogens is 316 g/mol. The highest BCUT2D eigenvalue weighted by atomic mass is 16.3. The second kappa shape index (κ2) is 6.23. The maximum absolute atomic E-state index is 10.7. The third-order valence-electron chi connectivity index (χ3n) is 4.35. The van der Waals surface area contributed by atoms with Gasteiger partial charge >= 0.3 is 0 Å². The molecule has 2 aliphatic rings. The highest BCUT2D eigenvalue weighted by molar-refractivity contribution is 6.07.